The highest BCUT2D eigenvalue weighted by Gasteiger charge is 2.48. The number of hydrogen-bond donors (Lipinski definition) is 1. The average molecular weight is 440 g/mol. The lowest BCUT2D eigenvalue weighted by Crippen LogP contribution is -2.40. The van der Waals surface area contributed by atoms with E-state index in [9.17, 15) is 19.2 Å². The second-order valence-electron chi connectivity index (χ2n) is 7.19. The fourth-order valence-corrected chi connectivity index (χ4v) is 3.09. The first-order valence-electron chi connectivity index (χ1n) is 10.0. The van der Waals surface area contributed by atoms with Gasteiger partial charge in [-0.25, -0.2) is 4.79 Å². The number of nitrogens with zero attached hydrogens (tertiary/aromatic N) is 2. The maximum absolute atomic E-state index is 12.4. The quantitative estimate of drug-likeness (QED) is 0.284. The SMILES string of the molecule is CC[C@H]1O[C@@H](n2ccc(C)nc2=O)[C@@H](OCOCCC(C)=O)C1OC(=O)CCC(=O)O. The third kappa shape index (κ3) is 7.23. The molecule has 0 aromatic carbocycles. The van der Waals surface area contributed by atoms with Crippen molar-refractivity contribution < 1.29 is 38.4 Å². The van der Waals surface area contributed by atoms with Crippen LogP contribution in [0.5, 0.6) is 0 Å². The van der Waals surface area contributed by atoms with Crippen LogP contribution in [0, 0.1) is 6.92 Å². The Balaban J connectivity index is 2.20. The molecule has 0 radical (unpaired) electrons. The molecule has 4 atom stereocenters. The van der Waals surface area contributed by atoms with Gasteiger partial charge in [-0.05, 0) is 26.3 Å². The molecule has 31 heavy (non-hydrogen) atoms. The highest BCUT2D eigenvalue weighted by Crippen LogP contribution is 2.34. The number of ether oxygens (including phenoxy) is 4. The van der Waals surface area contributed by atoms with Gasteiger partial charge in [0.2, 0.25) is 0 Å². The number of Topliss-reactive ketones (excluding diaryl/α,β-unsaturated/α-hetero) is 1. The van der Waals surface area contributed by atoms with E-state index in [4.69, 9.17) is 24.1 Å². The van der Waals surface area contributed by atoms with E-state index in [-0.39, 0.29) is 38.4 Å². The third-order valence-electron chi connectivity index (χ3n) is 4.68. The molecule has 2 heterocycles. The van der Waals surface area contributed by atoms with Crippen molar-refractivity contribution in [1.82, 2.24) is 9.55 Å². The van der Waals surface area contributed by atoms with Crippen LogP contribution in [0.25, 0.3) is 0 Å². The zero-order valence-corrected chi connectivity index (χ0v) is 17.8. The van der Waals surface area contributed by atoms with E-state index in [1.54, 1.807) is 13.0 Å². The molecule has 11 heteroatoms. The number of rotatable bonds is 12. The van der Waals surface area contributed by atoms with Crippen LogP contribution in [0.3, 0.4) is 0 Å². The molecule has 1 unspecified atom stereocenters. The number of ketones is 1. The van der Waals surface area contributed by atoms with Crippen LogP contribution < -0.4 is 5.69 Å². The van der Waals surface area contributed by atoms with Crippen LogP contribution in [0.1, 0.15) is 51.5 Å². The molecule has 11 nitrogen and oxygen atoms in total. The van der Waals surface area contributed by atoms with Gasteiger partial charge in [0.25, 0.3) is 0 Å². The predicted molar refractivity (Wildman–Crippen MR) is 105 cm³/mol. The lowest BCUT2D eigenvalue weighted by Gasteiger charge is -2.25. The van der Waals surface area contributed by atoms with E-state index < -0.39 is 42.2 Å². The molecule has 1 aromatic heterocycles. The Morgan fingerprint density at radius 2 is 1.97 bits per heavy atom. The van der Waals surface area contributed by atoms with Gasteiger partial charge in [-0.15, -0.1) is 0 Å². The molecule has 1 saturated heterocycles. The van der Waals surface area contributed by atoms with Crippen molar-refractivity contribution in [2.24, 2.45) is 0 Å². The Bertz CT molecular complexity index is 838. The zero-order valence-electron chi connectivity index (χ0n) is 17.8. The van der Waals surface area contributed by atoms with Crippen molar-refractivity contribution >= 4 is 17.7 Å². The fraction of sp³-hybridized carbons (Fsp3) is 0.650. The first kappa shape index (κ1) is 24.6. The van der Waals surface area contributed by atoms with E-state index in [1.807, 2.05) is 6.92 Å². The van der Waals surface area contributed by atoms with E-state index in [2.05, 4.69) is 4.98 Å². The normalized spacial score (nSPS) is 22.9. The van der Waals surface area contributed by atoms with Crippen molar-refractivity contribution in [3.63, 3.8) is 0 Å². The molecule has 0 bridgehead atoms. The van der Waals surface area contributed by atoms with Crippen LogP contribution in [-0.2, 0) is 33.3 Å². The highest BCUT2D eigenvalue weighted by molar-refractivity contribution is 5.76. The van der Waals surface area contributed by atoms with Crippen molar-refractivity contribution in [2.45, 2.75) is 71.0 Å². The minimum atomic E-state index is -1.12. The van der Waals surface area contributed by atoms with E-state index >= 15 is 0 Å². The summed E-state index contributed by atoms with van der Waals surface area (Å²) in [4.78, 5) is 50.2. The Morgan fingerprint density at radius 3 is 2.58 bits per heavy atom. The maximum Gasteiger partial charge on any atom is 0.349 e. The van der Waals surface area contributed by atoms with Gasteiger partial charge in [0.1, 0.15) is 18.7 Å². The van der Waals surface area contributed by atoms with Gasteiger partial charge in [-0.1, -0.05) is 6.92 Å². The molecule has 1 aliphatic rings. The minimum Gasteiger partial charge on any atom is -0.481 e. The summed E-state index contributed by atoms with van der Waals surface area (Å²) in [6.45, 7) is 4.88. The number of carbonyl (C=O) groups excluding carboxylic acids is 2. The van der Waals surface area contributed by atoms with Crippen LogP contribution in [0.15, 0.2) is 17.1 Å². The number of aromatic nitrogens is 2. The number of hydrogen-bond acceptors (Lipinski definition) is 9. The molecular formula is C20H28N2O9. The largest absolute Gasteiger partial charge is 0.481 e. The summed E-state index contributed by atoms with van der Waals surface area (Å²) in [5.74, 6) is -1.86. The van der Waals surface area contributed by atoms with E-state index in [0.29, 0.717) is 12.1 Å². The number of carboxylic acids is 1. The number of carbonyl (C=O) groups is 3. The summed E-state index contributed by atoms with van der Waals surface area (Å²) in [6, 6.07) is 1.64. The molecule has 0 amide bonds. The number of esters is 1. The second-order valence-corrected chi connectivity index (χ2v) is 7.19. The molecule has 172 valence electrons. The molecule has 0 aliphatic carbocycles. The van der Waals surface area contributed by atoms with Gasteiger partial charge in [0, 0.05) is 18.3 Å². The fourth-order valence-electron chi connectivity index (χ4n) is 3.09. The number of carboxylic acid groups (broad SMARTS) is 1. The van der Waals surface area contributed by atoms with Crippen molar-refractivity contribution in [3.05, 3.63) is 28.4 Å². The molecular weight excluding hydrogens is 412 g/mol. The van der Waals surface area contributed by atoms with Gasteiger partial charge >= 0.3 is 17.6 Å². The Kier molecular flexibility index (Phi) is 9.28. The Hall–Kier alpha value is -2.63. The van der Waals surface area contributed by atoms with Gasteiger partial charge in [0.15, 0.2) is 12.3 Å². The monoisotopic (exact) mass is 440 g/mol. The smallest absolute Gasteiger partial charge is 0.349 e. The van der Waals surface area contributed by atoms with E-state index in [0.717, 1.165) is 0 Å². The molecule has 0 spiro atoms. The summed E-state index contributed by atoms with van der Waals surface area (Å²) in [5.41, 5.74) is -0.0169. The molecule has 2 rings (SSSR count). The average Bonchev–Trinajstić information content (AvgIpc) is 3.03. The third-order valence-corrected chi connectivity index (χ3v) is 4.68. The Labute approximate surface area is 179 Å². The molecule has 1 N–H and O–H groups in total. The van der Waals surface area contributed by atoms with E-state index in [1.165, 1.54) is 17.7 Å². The molecule has 1 fully saturated rings. The second kappa shape index (κ2) is 11.7. The molecule has 1 aromatic rings. The molecule has 0 saturated carbocycles. The molecule has 1 aliphatic heterocycles. The first-order valence-corrected chi connectivity index (χ1v) is 10.0. The summed E-state index contributed by atoms with van der Waals surface area (Å²) in [5, 5.41) is 8.78. The van der Waals surface area contributed by atoms with Gasteiger partial charge < -0.3 is 24.1 Å². The lowest BCUT2D eigenvalue weighted by molar-refractivity contribution is -0.169. The summed E-state index contributed by atoms with van der Waals surface area (Å²) >= 11 is 0. The van der Waals surface area contributed by atoms with Gasteiger partial charge in [-0.2, -0.15) is 4.98 Å². The zero-order chi connectivity index (χ0) is 23.0. The minimum absolute atomic E-state index is 0.0318. The summed E-state index contributed by atoms with van der Waals surface area (Å²) in [6.07, 6.45) is -1.79. The van der Waals surface area contributed by atoms with Gasteiger partial charge in [-0.3, -0.25) is 19.0 Å². The number of aliphatic carboxylic acids is 1. The highest BCUT2D eigenvalue weighted by atomic mass is 16.7. The van der Waals surface area contributed by atoms with Crippen molar-refractivity contribution in [2.75, 3.05) is 13.4 Å². The Morgan fingerprint density at radius 1 is 1.23 bits per heavy atom. The first-order chi connectivity index (χ1) is 14.7. The predicted octanol–water partition coefficient (Wildman–Crippen LogP) is 0.974. The number of aryl methyl sites for hydroxylation is 1. The van der Waals surface area contributed by atoms with Crippen molar-refractivity contribution in [1.29, 1.82) is 0 Å². The van der Waals surface area contributed by atoms with Gasteiger partial charge in [0.05, 0.1) is 25.6 Å². The summed E-state index contributed by atoms with van der Waals surface area (Å²) in [7, 11) is 0. The topological polar surface area (TPSA) is 143 Å². The van der Waals surface area contributed by atoms with Crippen LogP contribution in [-0.4, -0.2) is 64.1 Å². The standard InChI is InChI=1S/C20H28N2O9/c1-4-14-17(31-16(26)6-5-15(24)25)18(29-11-28-10-8-13(3)23)19(30-14)22-9-7-12(2)21-20(22)27/h7,9,14,17-19H,4-6,8,10-11H2,1-3H3,(H,24,25)/t14-,17?,18+,19-/m1/s1. The summed E-state index contributed by atoms with van der Waals surface area (Å²) < 4.78 is 23.8. The lowest BCUT2D eigenvalue weighted by atomic mass is 10.1. The van der Waals surface area contributed by atoms with Crippen LogP contribution >= 0.6 is 0 Å². The van der Waals surface area contributed by atoms with Crippen LogP contribution in [0.2, 0.25) is 0 Å². The maximum atomic E-state index is 12.4. The van der Waals surface area contributed by atoms with Crippen LogP contribution in [0.4, 0.5) is 0 Å². The van der Waals surface area contributed by atoms with Crippen molar-refractivity contribution in [3.8, 4) is 0 Å².